The molecule has 0 bridgehead atoms. The minimum atomic E-state index is -0.137. The second-order valence-corrected chi connectivity index (χ2v) is 6.04. The second kappa shape index (κ2) is 6.27. The summed E-state index contributed by atoms with van der Waals surface area (Å²) in [5, 5.41) is 9.83. The molecule has 0 atom stereocenters. The Morgan fingerprint density at radius 1 is 1.18 bits per heavy atom. The molecule has 3 rings (SSSR count). The molecule has 0 spiro atoms. The maximum atomic E-state index is 12.3. The van der Waals surface area contributed by atoms with Gasteiger partial charge < -0.3 is 5.32 Å². The van der Waals surface area contributed by atoms with E-state index < -0.39 is 0 Å². The van der Waals surface area contributed by atoms with Crippen LogP contribution < -0.4 is 5.32 Å². The number of amides is 1. The van der Waals surface area contributed by atoms with Crippen molar-refractivity contribution in [2.24, 2.45) is 0 Å². The van der Waals surface area contributed by atoms with Gasteiger partial charge in [-0.3, -0.25) is 9.89 Å². The van der Waals surface area contributed by atoms with E-state index in [1.54, 1.807) is 6.07 Å². The zero-order chi connectivity index (χ0) is 15.5. The molecule has 1 heterocycles. The van der Waals surface area contributed by atoms with Crippen LogP contribution >= 0.6 is 22.6 Å². The average molecular weight is 404 g/mol. The standard InChI is InChI=1S/C16H13IN4O/c1-10-18-15(21-20-10)11-4-3-7-14(9-11)19-16(22)12-5-2-6-13(17)8-12/h2-9H,1H3,(H,19,22)(H,18,20,21). The molecule has 0 aliphatic heterocycles. The molecule has 5 nitrogen and oxygen atoms in total. The summed E-state index contributed by atoms with van der Waals surface area (Å²) in [7, 11) is 0. The molecule has 1 aromatic heterocycles. The highest BCUT2D eigenvalue weighted by molar-refractivity contribution is 14.1. The summed E-state index contributed by atoms with van der Waals surface area (Å²) in [5.41, 5.74) is 2.19. The zero-order valence-electron chi connectivity index (χ0n) is 11.8. The monoisotopic (exact) mass is 404 g/mol. The average Bonchev–Trinajstić information content (AvgIpc) is 2.94. The number of anilines is 1. The summed E-state index contributed by atoms with van der Waals surface area (Å²) in [4.78, 5) is 16.6. The maximum absolute atomic E-state index is 12.3. The molecule has 0 saturated carbocycles. The van der Waals surface area contributed by atoms with Crippen LogP contribution in [0.4, 0.5) is 5.69 Å². The van der Waals surface area contributed by atoms with Crippen LogP contribution in [0.15, 0.2) is 48.5 Å². The smallest absolute Gasteiger partial charge is 0.255 e. The zero-order valence-corrected chi connectivity index (χ0v) is 14.0. The van der Waals surface area contributed by atoms with Gasteiger partial charge in [0, 0.05) is 20.4 Å². The number of benzene rings is 2. The van der Waals surface area contributed by atoms with Gasteiger partial charge in [0.1, 0.15) is 5.82 Å². The lowest BCUT2D eigenvalue weighted by Crippen LogP contribution is -2.11. The Labute approximate surface area is 141 Å². The van der Waals surface area contributed by atoms with E-state index >= 15 is 0 Å². The molecule has 0 aliphatic carbocycles. The van der Waals surface area contributed by atoms with Gasteiger partial charge in [-0.25, -0.2) is 4.98 Å². The molecule has 110 valence electrons. The molecule has 2 N–H and O–H groups in total. The number of halogens is 1. The summed E-state index contributed by atoms with van der Waals surface area (Å²) < 4.78 is 1.02. The Hall–Kier alpha value is -2.22. The number of nitrogens with zero attached hydrogens (tertiary/aromatic N) is 2. The van der Waals surface area contributed by atoms with Gasteiger partial charge >= 0.3 is 0 Å². The van der Waals surface area contributed by atoms with Crippen LogP contribution in [0, 0.1) is 10.5 Å². The third-order valence-electron chi connectivity index (χ3n) is 3.06. The maximum Gasteiger partial charge on any atom is 0.255 e. The number of nitrogens with one attached hydrogen (secondary N) is 2. The van der Waals surface area contributed by atoms with Gasteiger partial charge in [-0.1, -0.05) is 18.2 Å². The minimum Gasteiger partial charge on any atom is -0.322 e. The molecule has 1 amide bonds. The molecule has 0 saturated heterocycles. The topological polar surface area (TPSA) is 70.7 Å². The van der Waals surface area contributed by atoms with Gasteiger partial charge in [0.05, 0.1) is 0 Å². The Bertz CT molecular complexity index is 828. The third kappa shape index (κ3) is 3.33. The summed E-state index contributed by atoms with van der Waals surface area (Å²) in [5.74, 6) is 1.23. The molecule has 6 heteroatoms. The van der Waals surface area contributed by atoms with Crippen molar-refractivity contribution in [2.75, 3.05) is 5.32 Å². The van der Waals surface area contributed by atoms with E-state index in [9.17, 15) is 4.79 Å². The number of aromatic amines is 1. The van der Waals surface area contributed by atoms with Crippen LogP contribution in [0.1, 0.15) is 16.2 Å². The SMILES string of the molecule is Cc1nc(-c2cccc(NC(=O)c3cccc(I)c3)c2)n[nH]1. The largest absolute Gasteiger partial charge is 0.322 e. The van der Waals surface area contributed by atoms with Crippen LogP contribution in [0.5, 0.6) is 0 Å². The molecule has 0 aliphatic rings. The minimum absolute atomic E-state index is 0.137. The molecule has 3 aromatic rings. The molecular weight excluding hydrogens is 391 g/mol. The fourth-order valence-electron chi connectivity index (χ4n) is 2.04. The number of hydrogen-bond donors (Lipinski definition) is 2. The summed E-state index contributed by atoms with van der Waals surface area (Å²) in [6.45, 7) is 1.85. The fourth-order valence-corrected chi connectivity index (χ4v) is 2.58. The Morgan fingerprint density at radius 3 is 2.73 bits per heavy atom. The van der Waals surface area contributed by atoms with Gasteiger partial charge in [0.15, 0.2) is 5.82 Å². The van der Waals surface area contributed by atoms with E-state index in [4.69, 9.17) is 0 Å². The summed E-state index contributed by atoms with van der Waals surface area (Å²) >= 11 is 2.19. The predicted octanol–water partition coefficient (Wildman–Crippen LogP) is 3.64. The first-order valence-electron chi connectivity index (χ1n) is 6.68. The van der Waals surface area contributed by atoms with E-state index in [0.29, 0.717) is 17.1 Å². The van der Waals surface area contributed by atoms with Gasteiger partial charge in [0.25, 0.3) is 5.91 Å². The van der Waals surface area contributed by atoms with Gasteiger partial charge in [-0.2, -0.15) is 5.10 Å². The van der Waals surface area contributed by atoms with Crippen LogP contribution in [-0.4, -0.2) is 21.1 Å². The first-order chi connectivity index (χ1) is 10.6. The number of H-pyrrole nitrogens is 1. The first kappa shape index (κ1) is 14.7. The number of rotatable bonds is 3. The molecule has 0 fully saturated rings. The van der Waals surface area contributed by atoms with Crippen LogP contribution in [0.2, 0.25) is 0 Å². The molecule has 0 radical (unpaired) electrons. The number of aromatic nitrogens is 3. The van der Waals surface area contributed by atoms with Crippen LogP contribution in [0.25, 0.3) is 11.4 Å². The highest BCUT2D eigenvalue weighted by Gasteiger charge is 2.08. The summed E-state index contributed by atoms with van der Waals surface area (Å²) in [6, 6.07) is 14.9. The van der Waals surface area contributed by atoms with E-state index in [2.05, 4.69) is 43.1 Å². The van der Waals surface area contributed by atoms with Crippen molar-refractivity contribution >= 4 is 34.2 Å². The lowest BCUT2D eigenvalue weighted by Gasteiger charge is -2.06. The molecule has 22 heavy (non-hydrogen) atoms. The lowest BCUT2D eigenvalue weighted by molar-refractivity contribution is 0.102. The Kier molecular flexibility index (Phi) is 4.19. The van der Waals surface area contributed by atoms with Gasteiger partial charge in [-0.05, 0) is 59.8 Å². The van der Waals surface area contributed by atoms with Crippen molar-refractivity contribution in [1.82, 2.24) is 15.2 Å². The lowest BCUT2D eigenvalue weighted by atomic mass is 10.1. The van der Waals surface area contributed by atoms with E-state index in [-0.39, 0.29) is 5.91 Å². The number of hydrogen-bond acceptors (Lipinski definition) is 3. The second-order valence-electron chi connectivity index (χ2n) is 4.79. The highest BCUT2D eigenvalue weighted by Crippen LogP contribution is 2.20. The normalized spacial score (nSPS) is 10.5. The van der Waals surface area contributed by atoms with Crippen molar-refractivity contribution in [3.63, 3.8) is 0 Å². The van der Waals surface area contributed by atoms with Crippen LogP contribution in [0.3, 0.4) is 0 Å². The van der Waals surface area contributed by atoms with Gasteiger partial charge in [-0.15, -0.1) is 0 Å². The van der Waals surface area contributed by atoms with Gasteiger partial charge in [0.2, 0.25) is 0 Å². The van der Waals surface area contributed by atoms with Crippen molar-refractivity contribution in [3.05, 3.63) is 63.5 Å². The van der Waals surface area contributed by atoms with Crippen molar-refractivity contribution in [3.8, 4) is 11.4 Å². The Balaban J connectivity index is 1.82. The van der Waals surface area contributed by atoms with Crippen molar-refractivity contribution < 1.29 is 4.79 Å². The third-order valence-corrected chi connectivity index (χ3v) is 3.73. The quantitative estimate of drug-likeness (QED) is 0.655. The fraction of sp³-hybridized carbons (Fsp3) is 0.0625. The highest BCUT2D eigenvalue weighted by atomic mass is 127. The molecule has 2 aromatic carbocycles. The number of carbonyl (C=O) groups excluding carboxylic acids is 1. The number of carbonyl (C=O) groups is 1. The van der Waals surface area contributed by atoms with E-state index in [0.717, 1.165) is 15.0 Å². The predicted molar refractivity (Wildman–Crippen MR) is 93.7 cm³/mol. The summed E-state index contributed by atoms with van der Waals surface area (Å²) in [6.07, 6.45) is 0. The van der Waals surface area contributed by atoms with E-state index in [1.807, 2.05) is 49.4 Å². The number of aryl methyl sites for hydroxylation is 1. The Morgan fingerprint density at radius 2 is 2.00 bits per heavy atom. The van der Waals surface area contributed by atoms with E-state index in [1.165, 1.54) is 0 Å². The molecule has 0 unspecified atom stereocenters. The first-order valence-corrected chi connectivity index (χ1v) is 7.76. The van der Waals surface area contributed by atoms with Crippen molar-refractivity contribution in [2.45, 2.75) is 6.92 Å². The van der Waals surface area contributed by atoms with Crippen molar-refractivity contribution in [1.29, 1.82) is 0 Å². The molecular formula is C16H13IN4O. The van der Waals surface area contributed by atoms with Crippen LogP contribution in [-0.2, 0) is 0 Å².